The van der Waals surface area contributed by atoms with Crippen LogP contribution < -0.4 is 10.2 Å². The summed E-state index contributed by atoms with van der Waals surface area (Å²) in [5.74, 6) is -0.0542. The van der Waals surface area contributed by atoms with E-state index in [0.29, 0.717) is 16.7 Å². The summed E-state index contributed by atoms with van der Waals surface area (Å²) < 4.78 is 0.524. The maximum absolute atomic E-state index is 12.1. The fraction of sp³-hybridized carbons (Fsp3) is 0.500. The maximum atomic E-state index is 12.1. The lowest BCUT2D eigenvalue weighted by Gasteiger charge is -2.16. The zero-order chi connectivity index (χ0) is 15.2. The number of nitrogens with zero attached hydrogens (tertiary/aromatic N) is 1. The molecule has 1 saturated heterocycles. The quantitative estimate of drug-likeness (QED) is 0.637. The zero-order valence-corrected chi connectivity index (χ0v) is 13.3. The number of anilines is 1. The minimum Gasteiger partial charge on any atom is -0.327 e. The molecule has 2 rings (SSSR count). The molecular weight excluding hydrogens is 338 g/mol. The van der Waals surface area contributed by atoms with Gasteiger partial charge >= 0.3 is 0 Å². The number of quaternary nitrogens is 1. The van der Waals surface area contributed by atoms with E-state index in [-0.39, 0.29) is 11.6 Å². The van der Waals surface area contributed by atoms with Crippen LogP contribution in [0.15, 0.2) is 22.7 Å². The first-order chi connectivity index (χ1) is 10.1. The Morgan fingerprint density at radius 3 is 2.52 bits per heavy atom. The fourth-order valence-electron chi connectivity index (χ4n) is 2.55. The van der Waals surface area contributed by atoms with Gasteiger partial charge in [0.15, 0.2) is 6.54 Å². The molecule has 1 heterocycles. The van der Waals surface area contributed by atoms with Crippen molar-refractivity contribution >= 4 is 33.2 Å². The van der Waals surface area contributed by atoms with Gasteiger partial charge in [-0.2, -0.15) is 0 Å². The minimum absolute atomic E-state index is 0.00184. The molecule has 0 atom stereocenters. The van der Waals surface area contributed by atoms with Gasteiger partial charge in [-0.05, 0) is 47.7 Å². The summed E-state index contributed by atoms with van der Waals surface area (Å²) >= 11 is 3.26. The van der Waals surface area contributed by atoms with E-state index in [1.807, 2.05) is 0 Å². The molecule has 2 N–H and O–H groups in total. The molecular formula is C14H19BrN3O3+. The molecule has 114 valence electrons. The van der Waals surface area contributed by atoms with Crippen LogP contribution in [0.1, 0.15) is 25.7 Å². The number of carbonyl (C=O) groups is 1. The number of nitro groups is 1. The normalized spacial score (nSPS) is 16.2. The minimum atomic E-state index is -0.461. The Bertz CT molecular complexity index is 528. The summed E-state index contributed by atoms with van der Waals surface area (Å²) in [6.45, 7) is 2.52. The summed E-state index contributed by atoms with van der Waals surface area (Å²) in [7, 11) is 0. The Balaban J connectivity index is 1.94. The molecule has 0 aliphatic carbocycles. The van der Waals surface area contributed by atoms with Gasteiger partial charge in [0, 0.05) is 16.6 Å². The van der Waals surface area contributed by atoms with Crippen LogP contribution in [0, 0.1) is 10.1 Å². The first kappa shape index (κ1) is 15.9. The van der Waals surface area contributed by atoms with Crippen LogP contribution >= 0.6 is 15.9 Å². The van der Waals surface area contributed by atoms with Crippen LogP contribution in [0.5, 0.6) is 0 Å². The van der Waals surface area contributed by atoms with E-state index >= 15 is 0 Å². The number of benzene rings is 1. The average Bonchev–Trinajstić information content (AvgIpc) is 2.69. The first-order valence-corrected chi connectivity index (χ1v) is 7.93. The molecule has 0 spiro atoms. The Kier molecular flexibility index (Phi) is 5.69. The molecule has 0 saturated carbocycles. The van der Waals surface area contributed by atoms with Crippen LogP contribution in [0.25, 0.3) is 0 Å². The highest BCUT2D eigenvalue weighted by atomic mass is 79.9. The van der Waals surface area contributed by atoms with E-state index in [1.165, 1.54) is 42.7 Å². The Hall–Kier alpha value is -1.47. The van der Waals surface area contributed by atoms with E-state index in [4.69, 9.17) is 0 Å². The van der Waals surface area contributed by atoms with Gasteiger partial charge in [0.25, 0.3) is 11.6 Å². The number of nitrogens with one attached hydrogen (secondary N) is 2. The first-order valence-electron chi connectivity index (χ1n) is 7.13. The number of nitro benzene ring substituents is 1. The average molecular weight is 357 g/mol. The Labute approximate surface area is 131 Å². The lowest BCUT2D eigenvalue weighted by molar-refractivity contribution is -0.890. The van der Waals surface area contributed by atoms with Crippen LogP contribution in [-0.2, 0) is 4.79 Å². The van der Waals surface area contributed by atoms with Crippen LogP contribution in [0.4, 0.5) is 11.4 Å². The fourth-order valence-corrected chi connectivity index (χ4v) is 3.01. The van der Waals surface area contributed by atoms with Gasteiger partial charge in [0.05, 0.1) is 23.7 Å². The smallest absolute Gasteiger partial charge is 0.279 e. The van der Waals surface area contributed by atoms with Crippen molar-refractivity contribution < 1.29 is 14.6 Å². The predicted molar refractivity (Wildman–Crippen MR) is 83.5 cm³/mol. The second kappa shape index (κ2) is 7.51. The number of amides is 1. The number of carbonyl (C=O) groups excluding carboxylic acids is 1. The summed E-state index contributed by atoms with van der Waals surface area (Å²) in [5.41, 5.74) is 0.567. The number of non-ortho nitro benzene ring substituents is 1. The Morgan fingerprint density at radius 2 is 1.95 bits per heavy atom. The van der Waals surface area contributed by atoms with Gasteiger partial charge in [0.1, 0.15) is 0 Å². The molecule has 1 aliphatic rings. The number of hydrogen-bond acceptors (Lipinski definition) is 3. The lowest BCUT2D eigenvalue weighted by Crippen LogP contribution is -3.12. The molecule has 1 fully saturated rings. The summed E-state index contributed by atoms with van der Waals surface area (Å²) in [6.07, 6.45) is 4.84. The number of halogens is 1. The molecule has 1 aromatic carbocycles. The van der Waals surface area contributed by atoms with Gasteiger partial charge in [0.2, 0.25) is 0 Å². The van der Waals surface area contributed by atoms with Crippen molar-refractivity contribution in [2.45, 2.75) is 25.7 Å². The maximum Gasteiger partial charge on any atom is 0.279 e. The van der Waals surface area contributed by atoms with Crippen molar-refractivity contribution in [1.82, 2.24) is 0 Å². The predicted octanol–water partition coefficient (Wildman–Crippen LogP) is 1.75. The summed E-state index contributed by atoms with van der Waals surface area (Å²) in [4.78, 5) is 23.6. The molecule has 0 unspecified atom stereocenters. The van der Waals surface area contributed by atoms with Gasteiger partial charge in [-0.25, -0.2) is 0 Å². The third-order valence-electron chi connectivity index (χ3n) is 3.66. The molecule has 1 aliphatic heterocycles. The van der Waals surface area contributed by atoms with Crippen LogP contribution in [0.3, 0.4) is 0 Å². The van der Waals surface area contributed by atoms with Gasteiger partial charge in [-0.15, -0.1) is 0 Å². The molecule has 7 heteroatoms. The topological polar surface area (TPSA) is 76.7 Å². The molecule has 1 amide bonds. The number of rotatable bonds is 4. The SMILES string of the molecule is O=C(C[NH+]1CCCCCC1)Nc1ccc([N+](=O)[O-])cc1Br. The lowest BCUT2D eigenvalue weighted by atomic mass is 10.2. The van der Waals surface area contributed by atoms with Gasteiger partial charge in [-0.1, -0.05) is 0 Å². The molecule has 0 bridgehead atoms. The summed E-state index contributed by atoms with van der Waals surface area (Å²) in [6, 6.07) is 4.34. The van der Waals surface area contributed by atoms with Crippen LogP contribution in [0.2, 0.25) is 0 Å². The second-order valence-corrected chi connectivity index (χ2v) is 6.16. The van der Waals surface area contributed by atoms with E-state index < -0.39 is 4.92 Å². The zero-order valence-electron chi connectivity index (χ0n) is 11.7. The molecule has 1 aromatic rings. The van der Waals surface area contributed by atoms with E-state index in [0.717, 1.165) is 13.1 Å². The van der Waals surface area contributed by atoms with E-state index in [1.54, 1.807) is 6.07 Å². The largest absolute Gasteiger partial charge is 0.327 e. The van der Waals surface area contributed by atoms with Crippen molar-refractivity contribution in [1.29, 1.82) is 0 Å². The number of likely N-dealkylation sites (tertiary alicyclic amines) is 1. The van der Waals surface area contributed by atoms with Gasteiger partial charge < -0.3 is 10.2 Å². The standard InChI is InChI=1S/C14H18BrN3O3/c15-12-9-11(18(20)21)5-6-13(12)16-14(19)10-17-7-3-1-2-4-8-17/h5-6,9H,1-4,7-8,10H2,(H,16,19)/p+1. The van der Waals surface area contributed by atoms with Crippen molar-refractivity contribution in [3.05, 3.63) is 32.8 Å². The van der Waals surface area contributed by atoms with E-state index in [2.05, 4.69) is 21.2 Å². The van der Waals surface area contributed by atoms with Crippen molar-refractivity contribution in [3.63, 3.8) is 0 Å². The highest BCUT2D eigenvalue weighted by Gasteiger charge is 2.17. The van der Waals surface area contributed by atoms with E-state index in [9.17, 15) is 14.9 Å². The second-order valence-electron chi connectivity index (χ2n) is 5.31. The molecule has 0 radical (unpaired) electrons. The molecule has 21 heavy (non-hydrogen) atoms. The van der Waals surface area contributed by atoms with Crippen molar-refractivity contribution in [3.8, 4) is 0 Å². The summed E-state index contributed by atoms with van der Waals surface area (Å²) in [5, 5.41) is 13.5. The third-order valence-corrected chi connectivity index (χ3v) is 4.31. The van der Waals surface area contributed by atoms with Crippen molar-refractivity contribution in [2.75, 3.05) is 25.0 Å². The monoisotopic (exact) mass is 356 g/mol. The van der Waals surface area contributed by atoms with Gasteiger partial charge in [-0.3, -0.25) is 14.9 Å². The third kappa shape index (κ3) is 4.78. The van der Waals surface area contributed by atoms with Crippen LogP contribution in [-0.4, -0.2) is 30.5 Å². The van der Waals surface area contributed by atoms with Crippen molar-refractivity contribution in [2.24, 2.45) is 0 Å². The molecule has 0 aromatic heterocycles. The number of hydrogen-bond donors (Lipinski definition) is 2. The molecule has 6 nitrogen and oxygen atoms in total. The Morgan fingerprint density at radius 1 is 1.29 bits per heavy atom. The highest BCUT2D eigenvalue weighted by Crippen LogP contribution is 2.26. The highest BCUT2D eigenvalue weighted by molar-refractivity contribution is 9.10.